The Kier molecular flexibility index (Phi) is 6.63. The van der Waals surface area contributed by atoms with Crippen molar-refractivity contribution in [3.05, 3.63) is 65.2 Å². The highest BCUT2D eigenvalue weighted by molar-refractivity contribution is 6.09. The molecule has 7 heteroatoms. The molecule has 2 aromatic rings. The van der Waals surface area contributed by atoms with Gasteiger partial charge in [-0.2, -0.15) is 0 Å². The summed E-state index contributed by atoms with van der Waals surface area (Å²) in [5.41, 5.74) is 1.59. The zero-order chi connectivity index (χ0) is 22.6. The molecule has 2 atom stereocenters. The van der Waals surface area contributed by atoms with Crippen LogP contribution in [0.2, 0.25) is 0 Å². The lowest BCUT2D eigenvalue weighted by atomic mass is 9.87. The first-order valence-electron chi connectivity index (χ1n) is 10.5. The summed E-state index contributed by atoms with van der Waals surface area (Å²) in [4.78, 5) is 39.6. The van der Waals surface area contributed by atoms with E-state index in [9.17, 15) is 14.4 Å². The molecule has 7 nitrogen and oxygen atoms in total. The van der Waals surface area contributed by atoms with Crippen LogP contribution in [0.5, 0.6) is 5.75 Å². The van der Waals surface area contributed by atoms with Crippen molar-refractivity contribution in [1.29, 1.82) is 0 Å². The van der Waals surface area contributed by atoms with Gasteiger partial charge >= 0.3 is 6.03 Å². The summed E-state index contributed by atoms with van der Waals surface area (Å²) in [6.07, 6.45) is 1.06. The zero-order valence-corrected chi connectivity index (χ0v) is 18.4. The van der Waals surface area contributed by atoms with Gasteiger partial charge in [-0.15, -0.1) is 0 Å². The van der Waals surface area contributed by atoms with E-state index in [0.717, 1.165) is 16.0 Å². The first-order valence-corrected chi connectivity index (χ1v) is 10.5. The number of methoxy groups -OCH3 is 1. The highest BCUT2D eigenvalue weighted by atomic mass is 16.5. The Balaban J connectivity index is 1.75. The number of ether oxygens (including phenoxy) is 1. The molecule has 0 saturated carbocycles. The van der Waals surface area contributed by atoms with Crippen LogP contribution in [0.4, 0.5) is 4.79 Å². The van der Waals surface area contributed by atoms with E-state index in [0.29, 0.717) is 24.2 Å². The highest BCUT2D eigenvalue weighted by Crippen LogP contribution is 2.33. The maximum atomic E-state index is 13.3. The number of nitrogens with zero attached hydrogens (tertiary/aromatic N) is 1. The SMILES string of the molecule is CC[C@H](NC(=O)CN1C(=O)N[C@](CC)(c2ccc(OC)cc2)C1=O)c1ccc(C)cc1. The molecule has 31 heavy (non-hydrogen) atoms. The fourth-order valence-electron chi connectivity index (χ4n) is 3.89. The van der Waals surface area contributed by atoms with Crippen LogP contribution in [0.1, 0.15) is 49.4 Å². The lowest BCUT2D eigenvalue weighted by Gasteiger charge is -2.26. The van der Waals surface area contributed by atoms with Crippen LogP contribution < -0.4 is 15.4 Å². The standard InChI is InChI=1S/C24H29N3O4/c1-5-20(17-9-7-16(3)8-10-17)25-21(28)15-27-22(29)24(6-2,26-23(27)30)18-11-13-19(31-4)14-12-18/h7-14,20H,5-6,15H2,1-4H3,(H,25,28)(H,26,30)/t20-,24+/m0/s1. The van der Waals surface area contributed by atoms with Crippen molar-refractivity contribution in [2.45, 2.75) is 45.2 Å². The van der Waals surface area contributed by atoms with Crippen molar-refractivity contribution in [2.75, 3.05) is 13.7 Å². The van der Waals surface area contributed by atoms with Crippen molar-refractivity contribution in [2.24, 2.45) is 0 Å². The second-order valence-electron chi connectivity index (χ2n) is 7.75. The van der Waals surface area contributed by atoms with E-state index in [-0.39, 0.29) is 18.5 Å². The molecule has 3 rings (SSSR count). The number of nitrogens with one attached hydrogen (secondary N) is 2. The van der Waals surface area contributed by atoms with Gasteiger partial charge in [-0.05, 0) is 43.0 Å². The number of carbonyl (C=O) groups excluding carboxylic acids is 3. The van der Waals surface area contributed by atoms with Crippen molar-refractivity contribution in [1.82, 2.24) is 15.5 Å². The third-order valence-electron chi connectivity index (χ3n) is 5.81. The van der Waals surface area contributed by atoms with E-state index < -0.39 is 17.5 Å². The highest BCUT2D eigenvalue weighted by Gasteiger charge is 2.51. The molecule has 2 aromatic carbocycles. The summed E-state index contributed by atoms with van der Waals surface area (Å²) in [6, 6.07) is 14.2. The molecule has 1 aliphatic rings. The average Bonchev–Trinajstić information content (AvgIpc) is 3.03. The molecule has 0 bridgehead atoms. The molecule has 1 heterocycles. The molecule has 1 fully saturated rings. The van der Waals surface area contributed by atoms with Gasteiger partial charge in [-0.3, -0.25) is 14.5 Å². The molecule has 0 aliphatic carbocycles. The maximum Gasteiger partial charge on any atom is 0.325 e. The van der Waals surface area contributed by atoms with Gasteiger partial charge in [0, 0.05) is 0 Å². The normalized spacial score (nSPS) is 19.2. The number of carbonyl (C=O) groups is 3. The molecule has 0 unspecified atom stereocenters. The maximum absolute atomic E-state index is 13.3. The van der Waals surface area contributed by atoms with Crippen LogP contribution in [0.15, 0.2) is 48.5 Å². The van der Waals surface area contributed by atoms with Crippen molar-refractivity contribution in [3.63, 3.8) is 0 Å². The molecule has 164 valence electrons. The number of imide groups is 1. The molecule has 2 N–H and O–H groups in total. The number of benzene rings is 2. The van der Waals surface area contributed by atoms with Crippen LogP contribution in [0.25, 0.3) is 0 Å². The molecule has 0 spiro atoms. The van der Waals surface area contributed by atoms with E-state index in [1.54, 1.807) is 31.4 Å². The van der Waals surface area contributed by atoms with E-state index in [1.807, 2.05) is 45.0 Å². The van der Waals surface area contributed by atoms with Gasteiger partial charge in [0.15, 0.2) is 0 Å². The van der Waals surface area contributed by atoms with Crippen LogP contribution in [-0.4, -0.2) is 36.4 Å². The smallest absolute Gasteiger partial charge is 0.325 e. The van der Waals surface area contributed by atoms with Crippen LogP contribution in [0.3, 0.4) is 0 Å². The summed E-state index contributed by atoms with van der Waals surface area (Å²) in [5, 5.41) is 5.74. The summed E-state index contributed by atoms with van der Waals surface area (Å²) >= 11 is 0. The topological polar surface area (TPSA) is 87.7 Å². The molecular formula is C24H29N3O4. The Bertz CT molecular complexity index is 956. The predicted molar refractivity (Wildman–Crippen MR) is 118 cm³/mol. The molecule has 0 radical (unpaired) electrons. The van der Waals surface area contributed by atoms with Crippen molar-refractivity contribution in [3.8, 4) is 5.75 Å². The quantitative estimate of drug-likeness (QED) is 0.637. The third-order valence-corrected chi connectivity index (χ3v) is 5.81. The van der Waals surface area contributed by atoms with Gasteiger partial charge < -0.3 is 15.4 Å². The number of aryl methyl sites for hydroxylation is 1. The Morgan fingerprint density at radius 1 is 1.10 bits per heavy atom. The number of rotatable bonds is 8. The lowest BCUT2D eigenvalue weighted by Crippen LogP contribution is -2.45. The van der Waals surface area contributed by atoms with Crippen LogP contribution in [0, 0.1) is 6.92 Å². The van der Waals surface area contributed by atoms with Crippen LogP contribution in [-0.2, 0) is 15.1 Å². The van der Waals surface area contributed by atoms with E-state index in [1.165, 1.54) is 0 Å². The summed E-state index contributed by atoms with van der Waals surface area (Å²) in [6.45, 7) is 5.48. The van der Waals surface area contributed by atoms with Gasteiger partial charge in [0.05, 0.1) is 13.2 Å². The molecule has 0 aromatic heterocycles. The Labute approximate surface area is 182 Å². The molecule has 1 saturated heterocycles. The zero-order valence-electron chi connectivity index (χ0n) is 18.4. The minimum absolute atomic E-state index is 0.189. The summed E-state index contributed by atoms with van der Waals surface area (Å²) < 4.78 is 5.17. The van der Waals surface area contributed by atoms with Crippen molar-refractivity contribution < 1.29 is 19.1 Å². The Morgan fingerprint density at radius 2 is 1.74 bits per heavy atom. The van der Waals surface area contributed by atoms with Gasteiger partial charge in [0.25, 0.3) is 5.91 Å². The largest absolute Gasteiger partial charge is 0.497 e. The minimum atomic E-state index is -1.19. The third kappa shape index (κ3) is 4.40. The summed E-state index contributed by atoms with van der Waals surface area (Å²) in [7, 11) is 1.56. The second kappa shape index (κ2) is 9.20. The van der Waals surface area contributed by atoms with Crippen LogP contribution >= 0.6 is 0 Å². The molecule has 1 aliphatic heterocycles. The Hall–Kier alpha value is -3.35. The van der Waals surface area contributed by atoms with E-state index >= 15 is 0 Å². The van der Waals surface area contributed by atoms with E-state index in [4.69, 9.17) is 4.74 Å². The van der Waals surface area contributed by atoms with Gasteiger partial charge in [-0.1, -0.05) is 55.8 Å². The number of hydrogen-bond donors (Lipinski definition) is 2. The lowest BCUT2D eigenvalue weighted by molar-refractivity contribution is -0.135. The first-order chi connectivity index (χ1) is 14.8. The number of hydrogen-bond acceptors (Lipinski definition) is 4. The number of urea groups is 1. The van der Waals surface area contributed by atoms with Gasteiger partial charge in [0.2, 0.25) is 5.91 Å². The summed E-state index contributed by atoms with van der Waals surface area (Å²) in [5.74, 6) is -0.147. The average molecular weight is 424 g/mol. The van der Waals surface area contributed by atoms with E-state index in [2.05, 4.69) is 10.6 Å². The van der Waals surface area contributed by atoms with Gasteiger partial charge in [-0.25, -0.2) is 4.79 Å². The first kappa shape index (κ1) is 22.3. The fourth-order valence-corrected chi connectivity index (χ4v) is 3.89. The fraction of sp³-hybridized carbons (Fsp3) is 0.375. The van der Waals surface area contributed by atoms with Crippen molar-refractivity contribution >= 4 is 17.8 Å². The molecular weight excluding hydrogens is 394 g/mol. The minimum Gasteiger partial charge on any atom is -0.497 e. The van der Waals surface area contributed by atoms with Gasteiger partial charge in [0.1, 0.15) is 17.8 Å². The Morgan fingerprint density at radius 3 is 2.29 bits per heavy atom. The second-order valence-corrected chi connectivity index (χ2v) is 7.75. The number of amides is 4. The monoisotopic (exact) mass is 423 g/mol. The predicted octanol–water partition coefficient (Wildman–Crippen LogP) is 3.43. The molecule has 4 amide bonds.